The molecule has 14 heteroatoms. The number of nitrogens with zero attached hydrogens (tertiary/aromatic N) is 2. The zero-order valence-electron chi connectivity index (χ0n) is 23.4. The summed E-state index contributed by atoms with van der Waals surface area (Å²) in [6.45, 7) is -1.72. The van der Waals surface area contributed by atoms with E-state index in [0.29, 0.717) is 23.8 Å². The highest BCUT2D eigenvalue weighted by atomic mass is 35.5. The number of allylic oxidation sites excluding steroid dienone is 2. The van der Waals surface area contributed by atoms with Crippen LogP contribution < -0.4 is 16.0 Å². The molecule has 3 saturated heterocycles. The molecule has 4 fully saturated rings. The molecule has 9 nitrogen and oxygen atoms in total. The Balaban J connectivity index is 1.29. The third-order valence-corrected chi connectivity index (χ3v) is 10.8. The number of carbonyl (C=O) groups is 2. The van der Waals surface area contributed by atoms with E-state index in [0.717, 1.165) is 0 Å². The molecular weight excluding hydrogens is 622 g/mol. The zero-order valence-corrected chi connectivity index (χ0v) is 24.9. The molecular formula is C30H30Cl2F3N5O4. The van der Waals surface area contributed by atoms with Gasteiger partial charge >= 0.3 is 0 Å². The van der Waals surface area contributed by atoms with Crippen LogP contribution in [0.15, 0.2) is 52.3 Å². The second kappa shape index (κ2) is 10.9. The zero-order chi connectivity index (χ0) is 30.9. The number of rotatable bonds is 6. The molecule has 3 aliphatic heterocycles. The molecule has 2 aliphatic carbocycles. The number of nitrogens with one attached hydrogen (secondary N) is 3. The number of benzene rings is 1. The van der Waals surface area contributed by atoms with E-state index in [2.05, 4.69) is 26.1 Å². The van der Waals surface area contributed by atoms with Crippen LogP contribution in [-0.2, 0) is 14.3 Å². The highest BCUT2D eigenvalue weighted by molar-refractivity contribution is 6.31. The quantitative estimate of drug-likeness (QED) is 0.428. The van der Waals surface area contributed by atoms with Gasteiger partial charge in [0.05, 0.1) is 48.5 Å². The van der Waals surface area contributed by atoms with Crippen molar-refractivity contribution < 1.29 is 31.9 Å². The number of amides is 2. The molecule has 7 atom stereocenters. The predicted octanol–water partition coefficient (Wildman–Crippen LogP) is 4.21. The molecule has 4 heterocycles. The third-order valence-electron chi connectivity index (χ3n) is 10.2. The Bertz CT molecular complexity index is 1520. The van der Waals surface area contributed by atoms with Crippen LogP contribution in [0.2, 0.25) is 5.02 Å². The van der Waals surface area contributed by atoms with Gasteiger partial charge in [0.1, 0.15) is 11.9 Å². The lowest BCUT2D eigenvalue weighted by Gasteiger charge is -2.60. The van der Waals surface area contributed by atoms with Crippen molar-refractivity contribution in [1.82, 2.24) is 26.1 Å². The van der Waals surface area contributed by atoms with E-state index in [-0.39, 0.29) is 30.0 Å². The van der Waals surface area contributed by atoms with E-state index in [1.54, 1.807) is 24.3 Å². The topological polar surface area (TPSA) is 118 Å². The monoisotopic (exact) mass is 651 g/mol. The smallest absolute Gasteiger partial charge is 0.244 e. The van der Waals surface area contributed by atoms with Gasteiger partial charge in [-0.15, -0.1) is 10.2 Å². The molecule has 44 heavy (non-hydrogen) atoms. The molecule has 0 bridgehead atoms. The van der Waals surface area contributed by atoms with Gasteiger partial charge in [-0.3, -0.25) is 23.7 Å². The summed E-state index contributed by atoms with van der Waals surface area (Å²) in [7, 11) is 0. The van der Waals surface area contributed by atoms with E-state index in [9.17, 15) is 18.4 Å². The molecule has 5 aliphatic rings. The lowest BCUT2D eigenvalue weighted by molar-refractivity contribution is -0.146. The number of fused-ring (bicyclic) bond motifs is 3. The average Bonchev–Trinajstić information content (AvgIpc) is 3.71. The van der Waals surface area contributed by atoms with Gasteiger partial charge in [0.25, 0.3) is 0 Å². The Labute approximate surface area is 261 Å². The first kappa shape index (κ1) is 29.8. The van der Waals surface area contributed by atoms with E-state index < -0.39 is 83.4 Å². The second-order valence-corrected chi connectivity index (χ2v) is 13.5. The maximum atomic E-state index is 16.0. The maximum absolute atomic E-state index is 16.0. The Hall–Kier alpha value is -2.93. The maximum Gasteiger partial charge on any atom is 0.244 e. The van der Waals surface area contributed by atoms with Crippen molar-refractivity contribution in [1.29, 1.82) is 0 Å². The van der Waals surface area contributed by atoms with E-state index in [1.165, 1.54) is 18.5 Å². The summed E-state index contributed by atoms with van der Waals surface area (Å²) in [6, 6.07) is 2.35. The summed E-state index contributed by atoms with van der Waals surface area (Å²) in [6.07, 6.45) is 6.86. The van der Waals surface area contributed by atoms with Crippen molar-refractivity contribution >= 4 is 35.0 Å². The summed E-state index contributed by atoms with van der Waals surface area (Å²) < 4.78 is 55.8. The van der Waals surface area contributed by atoms with Crippen molar-refractivity contribution in [3.8, 4) is 0 Å². The van der Waals surface area contributed by atoms with Gasteiger partial charge in [-0.1, -0.05) is 41.4 Å². The highest BCUT2D eigenvalue weighted by Crippen LogP contribution is 2.70. The Morgan fingerprint density at radius 2 is 1.98 bits per heavy atom. The lowest BCUT2D eigenvalue weighted by Crippen LogP contribution is -2.70. The number of halogens is 5. The van der Waals surface area contributed by atoms with Crippen LogP contribution in [0.25, 0.3) is 0 Å². The minimum Gasteiger partial charge on any atom is -0.425 e. The molecule has 7 rings (SSSR count). The van der Waals surface area contributed by atoms with Crippen molar-refractivity contribution in [2.24, 2.45) is 16.7 Å². The molecule has 1 aromatic heterocycles. The fraction of sp³-hybridized carbons (Fsp3) is 0.533. The summed E-state index contributed by atoms with van der Waals surface area (Å²) in [4.78, 5) is 28.6. The lowest BCUT2D eigenvalue weighted by atomic mass is 9.44. The number of hydrogen-bond acceptors (Lipinski definition) is 7. The molecule has 2 aromatic rings. The largest absolute Gasteiger partial charge is 0.425 e. The van der Waals surface area contributed by atoms with E-state index in [1.807, 2.05) is 0 Å². The average molecular weight is 653 g/mol. The van der Waals surface area contributed by atoms with Crippen LogP contribution in [0.4, 0.5) is 13.2 Å². The number of ether oxygens (including phenoxy) is 1. The van der Waals surface area contributed by atoms with Crippen molar-refractivity contribution in [3.05, 3.63) is 70.1 Å². The molecule has 234 valence electrons. The third kappa shape index (κ3) is 4.28. The summed E-state index contributed by atoms with van der Waals surface area (Å²) >= 11 is 12.6. The Kier molecular flexibility index (Phi) is 7.34. The summed E-state index contributed by atoms with van der Waals surface area (Å²) in [5.74, 6) is -3.03. The van der Waals surface area contributed by atoms with Crippen molar-refractivity contribution in [2.45, 2.75) is 61.4 Å². The van der Waals surface area contributed by atoms with E-state index >= 15 is 4.39 Å². The van der Waals surface area contributed by atoms with Gasteiger partial charge < -0.3 is 19.8 Å². The number of aromatic nitrogens is 2. The van der Waals surface area contributed by atoms with Crippen molar-refractivity contribution in [3.63, 3.8) is 0 Å². The molecule has 3 N–H and O–H groups in total. The first-order valence-electron chi connectivity index (χ1n) is 14.5. The molecule has 2 spiro atoms. The molecule has 2 amide bonds. The summed E-state index contributed by atoms with van der Waals surface area (Å²) in [5, 5.41) is 17.2. The SMILES string of the molecule is O=C(N[C@@H]1CC[C@@H](c2nnco2)OC1)[C@@H]1NC2(CC(CF)(CF)C2)[C@@]2(C(=O)NC3C=C(Cl)C=CC32)[C@H]1c1cccc(Cl)c1F. The van der Waals surface area contributed by atoms with Crippen LogP contribution in [0, 0.1) is 22.6 Å². The van der Waals surface area contributed by atoms with Crippen LogP contribution >= 0.6 is 23.2 Å². The predicted molar refractivity (Wildman–Crippen MR) is 153 cm³/mol. The second-order valence-electron chi connectivity index (χ2n) is 12.6. The van der Waals surface area contributed by atoms with E-state index in [4.69, 9.17) is 32.4 Å². The van der Waals surface area contributed by atoms with Crippen LogP contribution in [-0.4, -0.2) is 65.6 Å². The fourth-order valence-electron chi connectivity index (χ4n) is 8.50. The van der Waals surface area contributed by atoms with Gasteiger partial charge in [0, 0.05) is 27.8 Å². The Morgan fingerprint density at radius 3 is 2.66 bits per heavy atom. The van der Waals surface area contributed by atoms with Crippen molar-refractivity contribution in [2.75, 3.05) is 20.0 Å². The first-order chi connectivity index (χ1) is 21.2. The summed E-state index contributed by atoms with van der Waals surface area (Å²) in [5.41, 5.74) is -3.99. The number of alkyl halides is 2. The number of hydrogen-bond donors (Lipinski definition) is 3. The molecule has 2 unspecified atom stereocenters. The fourth-order valence-corrected chi connectivity index (χ4v) is 8.89. The van der Waals surface area contributed by atoms with Gasteiger partial charge in [-0.2, -0.15) is 0 Å². The molecule has 0 radical (unpaired) electrons. The number of carbonyl (C=O) groups excluding carboxylic acids is 2. The minimum atomic E-state index is -1.50. The highest BCUT2D eigenvalue weighted by Gasteiger charge is 2.80. The van der Waals surface area contributed by atoms with Gasteiger partial charge in [-0.05, 0) is 49.5 Å². The molecule has 1 aromatic carbocycles. The standard InChI is InChI=1S/C30H30Cl2F3N5O4/c31-15-4-6-18-20(8-15)38-27(42)30(18)22(17-2-1-3-19(32)23(17)35)24(39-29(30)10-28(11-29,12-33)13-34)25(41)37-16-5-7-21(43-9-16)26-40-36-14-44-26/h1-4,6,8,14,16,18,20-22,24,39H,5,7,9-13H2,(H,37,41)(H,38,42)/t16-,18?,20?,21+,22+,24-,30-/m1/s1. The van der Waals surface area contributed by atoms with Crippen LogP contribution in [0.5, 0.6) is 0 Å². The minimum absolute atomic E-state index is 0.0597. The first-order valence-corrected chi connectivity index (χ1v) is 15.3. The normalized spacial score (nSPS) is 34.8. The van der Waals surface area contributed by atoms with Crippen LogP contribution in [0.1, 0.15) is 49.2 Å². The van der Waals surface area contributed by atoms with Gasteiger partial charge in [0.15, 0.2) is 0 Å². The Morgan fingerprint density at radius 1 is 1.18 bits per heavy atom. The van der Waals surface area contributed by atoms with Gasteiger partial charge in [-0.25, -0.2) is 4.39 Å². The molecule has 1 saturated carbocycles. The van der Waals surface area contributed by atoms with Gasteiger partial charge in [0.2, 0.25) is 24.1 Å². The van der Waals surface area contributed by atoms with Crippen LogP contribution in [0.3, 0.4) is 0 Å².